The van der Waals surface area contributed by atoms with Crippen molar-refractivity contribution in [1.29, 1.82) is 0 Å². The first-order valence-electron chi connectivity index (χ1n) is 7.75. The van der Waals surface area contributed by atoms with Gasteiger partial charge in [0.25, 0.3) is 0 Å². The van der Waals surface area contributed by atoms with E-state index < -0.39 is 7.82 Å². The van der Waals surface area contributed by atoms with Crippen molar-refractivity contribution in [1.82, 2.24) is 0 Å². The number of aryl methyl sites for hydroxylation is 1. The Kier molecular flexibility index (Phi) is 8.20. The van der Waals surface area contributed by atoms with E-state index in [2.05, 4.69) is 4.52 Å². The number of aromatic hydroxyl groups is 1. The molecule has 140 valence electrons. The van der Waals surface area contributed by atoms with Crippen molar-refractivity contribution in [2.45, 2.75) is 65.2 Å². The van der Waals surface area contributed by atoms with Crippen LogP contribution in [0.25, 0.3) is 0 Å². The third kappa shape index (κ3) is 7.25. The van der Waals surface area contributed by atoms with Crippen molar-refractivity contribution in [2.75, 3.05) is 6.61 Å². The van der Waals surface area contributed by atoms with Crippen LogP contribution in [0.4, 0.5) is 0 Å². The molecule has 0 spiro atoms. The molecule has 0 aliphatic heterocycles. The minimum atomic E-state index is -4.91. The van der Waals surface area contributed by atoms with Crippen molar-refractivity contribution in [3.05, 3.63) is 28.8 Å². The zero-order valence-electron chi connectivity index (χ0n) is 15.1. The summed E-state index contributed by atoms with van der Waals surface area (Å²) in [6.07, 6.45) is 0.999. The summed E-state index contributed by atoms with van der Waals surface area (Å²) >= 11 is 0. The van der Waals surface area contributed by atoms with Gasteiger partial charge in [-0.2, -0.15) is 0 Å². The Morgan fingerprint density at radius 2 is 1.46 bits per heavy atom. The minimum Gasteiger partial charge on any atom is -0.790 e. The van der Waals surface area contributed by atoms with E-state index in [-0.39, 0.29) is 33.9 Å². The molecule has 0 saturated heterocycles. The van der Waals surface area contributed by atoms with Crippen LogP contribution in [-0.4, -0.2) is 11.7 Å². The standard InChI is InChI=1S/C17H29O5P.Ni/c1-16(2,3)13-10-12(8-7-9-22-23(19,20)21)11-14(15(13)18)17(4,5)6;/h10-11,18H,7-9H2,1-6H3,(H2,19,20,21);/q;+2/p-2. The maximum atomic E-state index is 10.6. The van der Waals surface area contributed by atoms with Gasteiger partial charge in [0.05, 0.1) is 14.4 Å². The van der Waals surface area contributed by atoms with E-state index in [0.29, 0.717) is 18.6 Å². The van der Waals surface area contributed by atoms with Gasteiger partial charge in [0.15, 0.2) is 0 Å². The summed E-state index contributed by atoms with van der Waals surface area (Å²) < 4.78 is 14.7. The zero-order chi connectivity index (χ0) is 18.1. The molecule has 1 rings (SSSR count). The zero-order valence-corrected chi connectivity index (χ0v) is 17.0. The molecule has 0 amide bonds. The Bertz CT molecular complexity index is 561. The molecular formula is C17H27NiO5P. The number of phosphoric ester groups is 1. The van der Waals surface area contributed by atoms with E-state index in [1.807, 2.05) is 53.7 Å². The topological polar surface area (TPSA) is 92.7 Å². The maximum Gasteiger partial charge on any atom is 2.00 e. The monoisotopic (exact) mass is 400 g/mol. The fourth-order valence-electron chi connectivity index (χ4n) is 2.43. The Labute approximate surface area is 155 Å². The Balaban J connectivity index is 0.00000529. The number of hydrogen-bond acceptors (Lipinski definition) is 5. The number of phosphoric acid groups is 1. The Morgan fingerprint density at radius 1 is 1.04 bits per heavy atom. The van der Waals surface area contributed by atoms with Gasteiger partial charge >= 0.3 is 16.5 Å². The largest absolute Gasteiger partial charge is 2.00 e. The fraction of sp³-hybridized carbons (Fsp3) is 0.647. The fourth-order valence-corrected chi connectivity index (χ4v) is 2.79. The van der Waals surface area contributed by atoms with Crippen LogP contribution in [0.5, 0.6) is 5.75 Å². The predicted molar refractivity (Wildman–Crippen MR) is 87.4 cm³/mol. The SMILES string of the molecule is CC(C)(C)c1cc(CCCOP(=O)([O-])[O-])cc(C(C)(C)C)c1O.[Ni+2]. The molecule has 0 aliphatic carbocycles. The average molecular weight is 401 g/mol. The molecule has 1 N–H and O–H groups in total. The number of rotatable bonds is 5. The van der Waals surface area contributed by atoms with E-state index in [0.717, 1.165) is 16.7 Å². The van der Waals surface area contributed by atoms with Gasteiger partial charge in [0.2, 0.25) is 0 Å². The molecule has 0 atom stereocenters. The van der Waals surface area contributed by atoms with Crippen LogP contribution in [0.2, 0.25) is 0 Å². The third-order valence-electron chi connectivity index (χ3n) is 3.64. The molecule has 24 heavy (non-hydrogen) atoms. The van der Waals surface area contributed by atoms with E-state index in [1.165, 1.54) is 0 Å². The number of phenolic OH excluding ortho intramolecular Hbond substituents is 1. The second-order valence-corrected chi connectivity index (χ2v) is 9.08. The van der Waals surface area contributed by atoms with E-state index >= 15 is 0 Å². The van der Waals surface area contributed by atoms with Gasteiger partial charge in [0.1, 0.15) is 5.75 Å². The molecular weight excluding hydrogens is 374 g/mol. The summed E-state index contributed by atoms with van der Waals surface area (Å²) in [6.45, 7) is 12.1. The van der Waals surface area contributed by atoms with Gasteiger partial charge in [-0.05, 0) is 40.4 Å². The van der Waals surface area contributed by atoms with Crippen molar-refractivity contribution < 1.29 is 40.5 Å². The van der Waals surface area contributed by atoms with Crippen molar-refractivity contribution >= 4 is 7.82 Å². The van der Waals surface area contributed by atoms with Crippen molar-refractivity contribution in [3.63, 3.8) is 0 Å². The molecule has 1 aromatic rings. The first kappa shape index (κ1) is 23.6. The second-order valence-electron chi connectivity index (χ2n) is 7.92. The van der Waals surface area contributed by atoms with Crippen LogP contribution in [0.1, 0.15) is 64.7 Å². The summed E-state index contributed by atoms with van der Waals surface area (Å²) in [4.78, 5) is 21.0. The maximum absolute atomic E-state index is 10.6. The summed E-state index contributed by atoms with van der Waals surface area (Å²) in [5.41, 5.74) is 2.29. The van der Waals surface area contributed by atoms with Crippen molar-refractivity contribution in [2.24, 2.45) is 0 Å². The smallest absolute Gasteiger partial charge is 0.790 e. The Morgan fingerprint density at radius 3 is 1.79 bits per heavy atom. The molecule has 7 heteroatoms. The normalized spacial score (nSPS) is 12.8. The van der Waals surface area contributed by atoms with Crippen molar-refractivity contribution in [3.8, 4) is 5.75 Å². The first-order chi connectivity index (χ1) is 10.2. The quantitative estimate of drug-likeness (QED) is 0.466. The van der Waals surface area contributed by atoms with Gasteiger partial charge in [0, 0.05) is 0 Å². The molecule has 0 aromatic heterocycles. The van der Waals surface area contributed by atoms with Crippen LogP contribution in [0, 0.1) is 0 Å². The number of phenols is 1. The first-order valence-corrected chi connectivity index (χ1v) is 9.21. The minimum absolute atomic E-state index is 0. The van der Waals surface area contributed by atoms with E-state index in [9.17, 15) is 19.5 Å². The van der Waals surface area contributed by atoms with Gasteiger partial charge < -0.3 is 24.0 Å². The molecule has 1 aromatic carbocycles. The summed E-state index contributed by atoms with van der Waals surface area (Å²) in [5, 5.41) is 10.6. The molecule has 0 aliphatic rings. The van der Waals surface area contributed by atoms with Gasteiger partial charge in [-0.15, -0.1) is 0 Å². The summed E-state index contributed by atoms with van der Waals surface area (Å²) in [6, 6.07) is 3.89. The van der Waals surface area contributed by atoms with Crippen LogP contribution in [0.15, 0.2) is 12.1 Å². The van der Waals surface area contributed by atoms with Crippen LogP contribution >= 0.6 is 7.82 Å². The second kappa shape index (κ2) is 8.34. The predicted octanol–water partition coefficient (Wildman–Crippen LogP) is 2.76. The Hall–Kier alpha value is -0.376. The average Bonchev–Trinajstić information content (AvgIpc) is 2.32. The molecule has 0 bridgehead atoms. The molecule has 0 fully saturated rings. The van der Waals surface area contributed by atoms with Crippen LogP contribution in [0.3, 0.4) is 0 Å². The molecule has 0 saturated carbocycles. The molecule has 5 nitrogen and oxygen atoms in total. The van der Waals surface area contributed by atoms with Gasteiger partial charge in [-0.3, -0.25) is 0 Å². The van der Waals surface area contributed by atoms with E-state index in [1.54, 1.807) is 0 Å². The molecule has 0 heterocycles. The van der Waals surface area contributed by atoms with Gasteiger partial charge in [-0.25, -0.2) is 0 Å². The number of hydrogen-bond donors (Lipinski definition) is 1. The number of benzene rings is 1. The summed E-state index contributed by atoms with van der Waals surface area (Å²) in [5.74, 6) is 0.314. The third-order valence-corrected chi connectivity index (χ3v) is 4.14. The van der Waals surface area contributed by atoms with Crippen LogP contribution < -0.4 is 9.79 Å². The van der Waals surface area contributed by atoms with Gasteiger partial charge in [-0.1, -0.05) is 53.7 Å². The summed E-state index contributed by atoms with van der Waals surface area (Å²) in [7, 11) is -4.91. The van der Waals surface area contributed by atoms with Crippen LogP contribution in [-0.2, 0) is 42.8 Å². The van der Waals surface area contributed by atoms with E-state index in [4.69, 9.17) is 0 Å². The molecule has 0 unspecified atom stereocenters. The molecule has 0 radical (unpaired) electrons.